The molecule has 1 saturated heterocycles. The Morgan fingerprint density at radius 2 is 2.26 bits per heavy atom. The van der Waals surface area contributed by atoms with Crippen LogP contribution in [0.3, 0.4) is 0 Å². The van der Waals surface area contributed by atoms with Crippen molar-refractivity contribution in [2.24, 2.45) is 5.73 Å². The van der Waals surface area contributed by atoms with Crippen LogP contribution in [0.25, 0.3) is 0 Å². The van der Waals surface area contributed by atoms with Crippen LogP contribution in [0.15, 0.2) is 18.3 Å². The second-order valence-corrected chi connectivity index (χ2v) is 6.89. The summed E-state index contributed by atoms with van der Waals surface area (Å²) in [5.74, 6) is 2.30. The van der Waals surface area contributed by atoms with Crippen molar-refractivity contribution in [3.05, 3.63) is 23.9 Å². The number of nitrogens with zero attached hydrogens (tertiary/aromatic N) is 2. The van der Waals surface area contributed by atoms with Gasteiger partial charge in [0.05, 0.1) is 0 Å². The van der Waals surface area contributed by atoms with E-state index in [2.05, 4.69) is 54.5 Å². The van der Waals surface area contributed by atoms with E-state index in [1.807, 2.05) is 6.20 Å². The molecule has 1 aromatic rings. The number of nitrogens with two attached hydrogens (primary N) is 1. The van der Waals surface area contributed by atoms with Crippen LogP contribution in [0.1, 0.15) is 32.8 Å². The van der Waals surface area contributed by atoms with Crippen molar-refractivity contribution in [1.29, 1.82) is 0 Å². The van der Waals surface area contributed by atoms with E-state index in [1.54, 1.807) is 0 Å². The quantitative estimate of drug-likeness (QED) is 0.920. The lowest BCUT2D eigenvalue weighted by Gasteiger charge is -2.38. The minimum absolute atomic E-state index is 0.248. The summed E-state index contributed by atoms with van der Waals surface area (Å²) in [5.41, 5.74) is 7.23. The van der Waals surface area contributed by atoms with Gasteiger partial charge in [0.1, 0.15) is 5.82 Å². The second-order valence-electron chi connectivity index (χ2n) is 5.41. The third kappa shape index (κ3) is 3.63. The topological polar surface area (TPSA) is 42.1 Å². The molecule has 3 unspecified atom stereocenters. The Balaban J connectivity index is 2.05. The van der Waals surface area contributed by atoms with Crippen LogP contribution in [-0.2, 0) is 6.42 Å². The molecule has 2 rings (SSSR count). The van der Waals surface area contributed by atoms with Crippen LogP contribution in [0, 0.1) is 0 Å². The normalized spacial score (nSPS) is 25.4. The molecular formula is C15H25N3S. The molecule has 1 aliphatic heterocycles. The zero-order valence-corrected chi connectivity index (χ0v) is 13.0. The highest BCUT2D eigenvalue weighted by atomic mass is 32.2. The third-order valence-electron chi connectivity index (χ3n) is 4.01. The lowest BCUT2D eigenvalue weighted by Crippen LogP contribution is -2.45. The van der Waals surface area contributed by atoms with Crippen molar-refractivity contribution in [3.63, 3.8) is 0 Å². The molecule has 3 nitrogen and oxygen atoms in total. The molecule has 3 atom stereocenters. The molecule has 4 heteroatoms. The first kappa shape index (κ1) is 14.7. The number of anilines is 1. The summed E-state index contributed by atoms with van der Waals surface area (Å²) < 4.78 is 0. The van der Waals surface area contributed by atoms with Crippen molar-refractivity contribution < 1.29 is 0 Å². The lowest BCUT2D eigenvalue weighted by atomic mass is 10.1. The van der Waals surface area contributed by atoms with Crippen LogP contribution in [0.2, 0.25) is 0 Å². The zero-order valence-electron chi connectivity index (χ0n) is 12.2. The molecule has 0 bridgehead atoms. The molecule has 19 heavy (non-hydrogen) atoms. The van der Waals surface area contributed by atoms with Gasteiger partial charge in [-0.3, -0.25) is 0 Å². The van der Waals surface area contributed by atoms with Gasteiger partial charge in [0.2, 0.25) is 0 Å². The molecule has 2 heterocycles. The van der Waals surface area contributed by atoms with Gasteiger partial charge in [-0.1, -0.05) is 19.9 Å². The van der Waals surface area contributed by atoms with E-state index < -0.39 is 0 Å². The van der Waals surface area contributed by atoms with Crippen LogP contribution in [-0.4, -0.2) is 34.6 Å². The van der Waals surface area contributed by atoms with Crippen LogP contribution in [0.4, 0.5) is 5.82 Å². The fourth-order valence-corrected chi connectivity index (χ4v) is 3.51. The molecule has 0 aromatic carbocycles. The maximum Gasteiger partial charge on any atom is 0.128 e. The third-order valence-corrected chi connectivity index (χ3v) is 5.35. The maximum atomic E-state index is 5.99. The summed E-state index contributed by atoms with van der Waals surface area (Å²) in [6, 6.07) is 5.13. The van der Waals surface area contributed by atoms with E-state index in [4.69, 9.17) is 5.73 Å². The molecule has 2 N–H and O–H groups in total. The highest BCUT2D eigenvalue weighted by Crippen LogP contribution is 2.27. The number of hydrogen-bond donors (Lipinski definition) is 1. The highest BCUT2D eigenvalue weighted by Gasteiger charge is 2.25. The predicted octanol–water partition coefficient (Wildman–Crippen LogP) is 2.69. The van der Waals surface area contributed by atoms with Gasteiger partial charge in [-0.15, -0.1) is 0 Å². The standard InChI is InChI=1S/C15H25N3S/c1-4-14(16)9-13-5-6-15(17-10-13)18-7-8-19-12(3)11(18)2/h5-6,10-12,14H,4,7-9,16H2,1-3H3. The van der Waals surface area contributed by atoms with Gasteiger partial charge in [-0.25, -0.2) is 4.98 Å². The van der Waals surface area contributed by atoms with Gasteiger partial charge < -0.3 is 10.6 Å². The molecule has 0 amide bonds. The van der Waals surface area contributed by atoms with Crippen molar-refractivity contribution >= 4 is 17.6 Å². The van der Waals surface area contributed by atoms with E-state index in [0.29, 0.717) is 11.3 Å². The molecule has 106 valence electrons. The van der Waals surface area contributed by atoms with Gasteiger partial charge in [0.15, 0.2) is 0 Å². The van der Waals surface area contributed by atoms with E-state index in [9.17, 15) is 0 Å². The summed E-state index contributed by atoms with van der Waals surface area (Å²) in [6.07, 6.45) is 3.93. The first-order valence-corrected chi connectivity index (χ1v) is 8.25. The number of aromatic nitrogens is 1. The predicted molar refractivity (Wildman–Crippen MR) is 84.9 cm³/mol. The van der Waals surface area contributed by atoms with Gasteiger partial charge >= 0.3 is 0 Å². The average molecular weight is 279 g/mol. The lowest BCUT2D eigenvalue weighted by molar-refractivity contribution is 0.618. The van der Waals surface area contributed by atoms with Gasteiger partial charge in [-0.2, -0.15) is 11.8 Å². The highest BCUT2D eigenvalue weighted by molar-refractivity contribution is 8.00. The van der Waals surface area contributed by atoms with Gasteiger partial charge in [0, 0.05) is 35.8 Å². The van der Waals surface area contributed by atoms with E-state index in [0.717, 1.165) is 25.2 Å². The van der Waals surface area contributed by atoms with Crippen molar-refractivity contribution in [2.75, 3.05) is 17.2 Å². The average Bonchev–Trinajstić information content (AvgIpc) is 2.43. The Bertz CT molecular complexity index is 393. The first-order valence-electron chi connectivity index (χ1n) is 7.20. The largest absolute Gasteiger partial charge is 0.352 e. The Labute approximate surface area is 121 Å². The second kappa shape index (κ2) is 6.62. The van der Waals surface area contributed by atoms with Crippen LogP contribution < -0.4 is 10.6 Å². The Hall–Kier alpha value is -0.740. The summed E-state index contributed by atoms with van der Waals surface area (Å²) in [6.45, 7) is 7.81. The van der Waals surface area contributed by atoms with E-state index in [-0.39, 0.29) is 6.04 Å². The van der Waals surface area contributed by atoms with Gasteiger partial charge in [-0.05, 0) is 31.4 Å². The van der Waals surface area contributed by atoms with E-state index >= 15 is 0 Å². The molecule has 0 aliphatic carbocycles. The maximum absolute atomic E-state index is 5.99. The number of pyridine rings is 1. The molecule has 0 spiro atoms. The van der Waals surface area contributed by atoms with Crippen molar-refractivity contribution in [3.8, 4) is 0 Å². The molecule has 0 saturated carbocycles. The van der Waals surface area contributed by atoms with E-state index in [1.165, 1.54) is 11.3 Å². The fraction of sp³-hybridized carbons (Fsp3) is 0.667. The van der Waals surface area contributed by atoms with Crippen LogP contribution in [0.5, 0.6) is 0 Å². The smallest absolute Gasteiger partial charge is 0.128 e. The molecular weight excluding hydrogens is 254 g/mol. The van der Waals surface area contributed by atoms with Crippen molar-refractivity contribution in [1.82, 2.24) is 4.98 Å². The molecule has 0 radical (unpaired) electrons. The monoisotopic (exact) mass is 279 g/mol. The minimum atomic E-state index is 0.248. The summed E-state index contributed by atoms with van der Waals surface area (Å²) in [4.78, 5) is 7.06. The Morgan fingerprint density at radius 1 is 1.47 bits per heavy atom. The Kier molecular flexibility index (Phi) is 5.11. The summed E-state index contributed by atoms with van der Waals surface area (Å²) in [7, 11) is 0. The SMILES string of the molecule is CCC(N)Cc1ccc(N2CCSC(C)C2C)nc1. The Morgan fingerprint density at radius 3 is 2.89 bits per heavy atom. The zero-order chi connectivity index (χ0) is 13.8. The molecule has 1 fully saturated rings. The number of thioether (sulfide) groups is 1. The van der Waals surface area contributed by atoms with Gasteiger partial charge in [0.25, 0.3) is 0 Å². The summed E-state index contributed by atoms with van der Waals surface area (Å²) in [5, 5.41) is 0.670. The molecule has 1 aromatic heterocycles. The number of hydrogen-bond acceptors (Lipinski definition) is 4. The molecule has 1 aliphatic rings. The minimum Gasteiger partial charge on any atom is -0.352 e. The number of rotatable bonds is 4. The fourth-order valence-electron chi connectivity index (χ4n) is 2.41. The van der Waals surface area contributed by atoms with Crippen molar-refractivity contribution in [2.45, 2.75) is 50.9 Å². The van der Waals surface area contributed by atoms with Crippen LogP contribution >= 0.6 is 11.8 Å². The first-order chi connectivity index (χ1) is 9.11. The summed E-state index contributed by atoms with van der Waals surface area (Å²) >= 11 is 2.05.